The van der Waals surface area contributed by atoms with E-state index in [0.717, 1.165) is 42.5 Å². The van der Waals surface area contributed by atoms with Gasteiger partial charge in [0.25, 0.3) is 5.91 Å². The van der Waals surface area contributed by atoms with Gasteiger partial charge in [-0.1, -0.05) is 49.9 Å². The quantitative estimate of drug-likeness (QED) is 0.526. The number of fused-ring (bicyclic) bond motifs is 1. The summed E-state index contributed by atoms with van der Waals surface area (Å²) in [5.74, 6) is 0.481. The molecule has 1 saturated carbocycles. The largest absolute Gasteiger partial charge is 0.463 e. The average molecular weight is 460 g/mol. The maximum absolute atomic E-state index is 13.9. The molecule has 1 aliphatic carbocycles. The van der Waals surface area contributed by atoms with E-state index in [1.54, 1.807) is 11.2 Å². The Labute approximate surface area is 200 Å². The molecule has 6 nitrogen and oxygen atoms in total. The first kappa shape index (κ1) is 22.5. The summed E-state index contributed by atoms with van der Waals surface area (Å²) in [7, 11) is 0. The molecule has 0 saturated heterocycles. The predicted octanol–water partition coefficient (Wildman–Crippen LogP) is 5.31. The third kappa shape index (κ3) is 4.06. The van der Waals surface area contributed by atoms with Crippen molar-refractivity contribution < 1.29 is 14.0 Å². The molecule has 5 rings (SSSR count). The van der Waals surface area contributed by atoms with Gasteiger partial charge in [0.2, 0.25) is 5.91 Å². The van der Waals surface area contributed by atoms with Gasteiger partial charge in [-0.2, -0.15) is 0 Å². The second-order valence-electron chi connectivity index (χ2n) is 9.92. The van der Waals surface area contributed by atoms with Crippen molar-refractivity contribution in [3.63, 3.8) is 0 Å². The topological polar surface area (TPSA) is 67.5 Å². The number of carbonyl (C=O) groups is 2. The molecule has 1 aromatic carbocycles. The maximum atomic E-state index is 13.9. The van der Waals surface area contributed by atoms with E-state index in [1.165, 1.54) is 12.8 Å². The highest BCUT2D eigenvalue weighted by Gasteiger charge is 2.48. The first-order valence-electron chi connectivity index (χ1n) is 12.4. The molecule has 0 radical (unpaired) electrons. The predicted molar refractivity (Wildman–Crippen MR) is 131 cm³/mol. The summed E-state index contributed by atoms with van der Waals surface area (Å²) in [5.41, 5.74) is 2.53. The smallest absolute Gasteiger partial charge is 0.271 e. The summed E-state index contributed by atoms with van der Waals surface area (Å²) < 4.78 is 7.58. The number of amides is 2. The number of aromatic nitrogens is 1. The van der Waals surface area contributed by atoms with E-state index in [0.29, 0.717) is 24.5 Å². The lowest BCUT2D eigenvalue weighted by molar-refractivity contribution is -0.134. The number of nitrogens with one attached hydrogen (secondary N) is 1. The Balaban J connectivity index is 1.53. The van der Waals surface area contributed by atoms with E-state index in [4.69, 9.17) is 4.42 Å². The summed E-state index contributed by atoms with van der Waals surface area (Å²) in [4.78, 5) is 29.6. The summed E-state index contributed by atoms with van der Waals surface area (Å²) in [6, 6.07) is 15.7. The van der Waals surface area contributed by atoms with Gasteiger partial charge in [-0.15, -0.1) is 0 Å². The van der Waals surface area contributed by atoms with Gasteiger partial charge >= 0.3 is 0 Å². The third-order valence-electron chi connectivity index (χ3n) is 7.55. The van der Waals surface area contributed by atoms with Gasteiger partial charge in [-0.25, -0.2) is 0 Å². The van der Waals surface area contributed by atoms with Gasteiger partial charge in [0.05, 0.1) is 18.5 Å². The molecule has 1 atom stereocenters. The first-order valence-corrected chi connectivity index (χ1v) is 12.4. The number of furan rings is 1. The van der Waals surface area contributed by atoms with Crippen molar-refractivity contribution in [3.05, 3.63) is 71.6 Å². The molecule has 2 aromatic heterocycles. The molecule has 1 N–H and O–H groups in total. The highest BCUT2D eigenvalue weighted by molar-refractivity contribution is 6.00. The van der Waals surface area contributed by atoms with Crippen molar-refractivity contribution in [1.82, 2.24) is 14.8 Å². The fraction of sp³-hybridized carbons (Fsp3) is 0.429. The molecule has 1 unspecified atom stereocenters. The van der Waals surface area contributed by atoms with Crippen LogP contribution in [0.15, 0.2) is 59.2 Å². The minimum absolute atomic E-state index is 0.0777. The number of carbonyl (C=O) groups excluding carboxylic acids is 2. The first-order chi connectivity index (χ1) is 16.5. The molecule has 2 aliphatic rings. The molecule has 1 fully saturated rings. The molecule has 2 amide bonds. The van der Waals surface area contributed by atoms with Crippen molar-refractivity contribution in [1.29, 1.82) is 0 Å². The Kier molecular flexibility index (Phi) is 6.07. The highest BCUT2D eigenvalue weighted by Crippen LogP contribution is 2.35. The third-order valence-corrected chi connectivity index (χ3v) is 7.55. The van der Waals surface area contributed by atoms with Gasteiger partial charge in [0.15, 0.2) is 0 Å². The minimum Gasteiger partial charge on any atom is -0.463 e. The lowest BCUT2D eigenvalue weighted by Gasteiger charge is -2.45. The van der Waals surface area contributed by atoms with Crippen LogP contribution < -0.4 is 5.32 Å². The van der Waals surface area contributed by atoms with Crippen LogP contribution in [0.1, 0.15) is 67.1 Å². The fourth-order valence-corrected chi connectivity index (χ4v) is 5.38. The second-order valence-corrected chi connectivity index (χ2v) is 9.92. The second kappa shape index (κ2) is 9.16. The number of rotatable bonds is 5. The SMILES string of the molecule is Cc1ccccc1CN1C(=O)c2ccc(-c3ccco3)n2CC1(C)C(=O)NC1CCCCCC1. The van der Waals surface area contributed by atoms with Crippen molar-refractivity contribution >= 4 is 11.8 Å². The van der Waals surface area contributed by atoms with Crippen LogP contribution in [0.2, 0.25) is 0 Å². The molecule has 0 bridgehead atoms. The van der Waals surface area contributed by atoms with Crippen molar-refractivity contribution in [2.75, 3.05) is 0 Å². The van der Waals surface area contributed by atoms with Crippen LogP contribution in [0, 0.1) is 6.92 Å². The Morgan fingerprint density at radius 1 is 1.03 bits per heavy atom. The van der Waals surface area contributed by atoms with E-state index < -0.39 is 5.54 Å². The standard InChI is InChI=1S/C28H33N3O3/c1-20-10-7-8-11-21(20)18-31-26(32)24-16-15-23(25-14-9-17-34-25)30(24)19-28(31,2)27(33)29-22-12-5-3-4-6-13-22/h7-11,14-17,22H,3-6,12-13,18-19H2,1-2H3,(H,29,33). The molecular weight excluding hydrogens is 426 g/mol. The zero-order valence-electron chi connectivity index (χ0n) is 20.0. The van der Waals surface area contributed by atoms with Crippen LogP contribution in [0.3, 0.4) is 0 Å². The summed E-state index contributed by atoms with van der Waals surface area (Å²) >= 11 is 0. The molecule has 0 spiro atoms. The zero-order valence-corrected chi connectivity index (χ0v) is 20.0. The number of nitrogens with zero attached hydrogens (tertiary/aromatic N) is 2. The van der Waals surface area contributed by atoms with Crippen LogP contribution >= 0.6 is 0 Å². The molecule has 3 heterocycles. The molecule has 6 heteroatoms. The normalized spacial score (nSPS) is 21.2. The summed E-state index contributed by atoms with van der Waals surface area (Å²) in [6.45, 7) is 4.72. The number of hydrogen-bond acceptors (Lipinski definition) is 3. The van der Waals surface area contributed by atoms with Crippen LogP contribution in [0.25, 0.3) is 11.5 Å². The van der Waals surface area contributed by atoms with Crippen LogP contribution in [0.4, 0.5) is 0 Å². The summed E-state index contributed by atoms with van der Waals surface area (Å²) in [6.07, 6.45) is 8.35. The Morgan fingerprint density at radius 3 is 2.47 bits per heavy atom. The van der Waals surface area contributed by atoms with Gasteiger partial charge in [-0.05, 0) is 62.1 Å². The van der Waals surface area contributed by atoms with Crippen molar-refractivity contribution in [2.24, 2.45) is 0 Å². The van der Waals surface area contributed by atoms with E-state index in [9.17, 15) is 9.59 Å². The van der Waals surface area contributed by atoms with Crippen LogP contribution in [-0.4, -0.2) is 32.9 Å². The lowest BCUT2D eigenvalue weighted by atomic mass is 9.92. The van der Waals surface area contributed by atoms with E-state index in [2.05, 4.69) is 5.32 Å². The van der Waals surface area contributed by atoms with E-state index >= 15 is 0 Å². The molecule has 1 aliphatic heterocycles. The summed E-state index contributed by atoms with van der Waals surface area (Å²) in [5, 5.41) is 3.33. The van der Waals surface area contributed by atoms with Crippen LogP contribution in [-0.2, 0) is 17.9 Å². The average Bonchev–Trinajstić information content (AvgIpc) is 3.42. The highest BCUT2D eigenvalue weighted by atomic mass is 16.3. The van der Waals surface area contributed by atoms with Crippen molar-refractivity contribution in [2.45, 2.75) is 77.0 Å². The van der Waals surface area contributed by atoms with E-state index in [-0.39, 0.29) is 17.9 Å². The van der Waals surface area contributed by atoms with Crippen LogP contribution in [0.5, 0.6) is 0 Å². The molecule has 178 valence electrons. The lowest BCUT2D eigenvalue weighted by Crippen LogP contribution is -2.64. The Morgan fingerprint density at radius 2 is 1.76 bits per heavy atom. The Hall–Kier alpha value is -3.28. The Bertz CT molecular complexity index is 1170. The molecule has 3 aromatic rings. The van der Waals surface area contributed by atoms with Gasteiger partial charge in [0.1, 0.15) is 17.0 Å². The monoisotopic (exact) mass is 459 g/mol. The number of benzene rings is 1. The fourth-order valence-electron chi connectivity index (χ4n) is 5.38. The van der Waals surface area contributed by atoms with E-state index in [1.807, 2.05) is 66.9 Å². The van der Waals surface area contributed by atoms with Crippen molar-refractivity contribution in [3.8, 4) is 11.5 Å². The molecular formula is C28H33N3O3. The van der Waals surface area contributed by atoms with Gasteiger partial charge < -0.3 is 19.2 Å². The maximum Gasteiger partial charge on any atom is 0.271 e. The number of aryl methyl sites for hydroxylation is 1. The van der Waals surface area contributed by atoms with Gasteiger partial charge in [0, 0.05) is 12.6 Å². The number of hydrogen-bond donors (Lipinski definition) is 1. The minimum atomic E-state index is -1.03. The zero-order chi connectivity index (χ0) is 23.7. The van der Waals surface area contributed by atoms with Gasteiger partial charge in [-0.3, -0.25) is 9.59 Å². The molecule has 34 heavy (non-hydrogen) atoms.